The van der Waals surface area contributed by atoms with Gasteiger partial charge in [-0.2, -0.15) is 0 Å². The zero-order valence-electron chi connectivity index (χ0n) is 9.00. The molecule has 0 aliphatic rings. The number of nitrogens with zero attached hydrogens (tertiary/aromatic N) is 2. The van der Waals surface area contributed by atoms with E-state index >= 15 is 0 Å². The molecule has 0 amide bonds. The van der Waals surface area contributed by atoms with Crippen LogP contribution < -0.4 is 10.5 Å². The Morgan fingerprint density at radius 3 is 2.75 bits per heavy atom. The smallest absolute Gasteiger partial charge is 0.143 e. The maximum atomic E-state index is 5.79. The highest BCUT2D eigenvalue weighted by atomic mass is 16.5. The Kier molecular flexibility index (Phi) is 3.00. The summed E-state index contributed by atoms with van der Waals surface area (Å²) in [5.41, 5.74) is 7.19. The molecule has 2 aromatic rings. The SMILES string of the molecule is CC(Oc1ccccc1N)c1cnccn1. The molecule has 0 bridgehead atoms. The van der Waals surface area contributed by atoms with Crippen molar-refractivity contribution in [1.29, 1.82) is 0 Å². The van der Waals surface area contributed by atoms with Crippen molar-refractivity contribution >= 4 is 5.69 Å². The molecule has 0 aliphatic heterocycles. The molecule has 1 aromatic carbocycles. The summed E-state index contributed by atoms with van der Waals surface area (Å²) in [6, 6.07) is 7.39. The van der Waals surface area contributed by atoms with Crippen LogP contribution >= 0.6 is 0 Å². The molecule has 16 heavy (non-hydrogen) atoms. The van der Waals surface area contributed by atoms with Gasteiger partial charge in [0.2, 0.25) is 0 Å². The minimum Gasteiger partial charge on any atom is -0.482 e. The molecule has 4 heteroatoms. The highest BCUT2D eigenvalue weighted by Gasteiger charge is 2.09. The van der Waals surface area contributed by atoms with Gasteiger partial charge in [-0.05, 0) is 19.1 Å². The average Bonchev–Trinajstić information content (AvgIpc) is 2.33. The van der Waals surface area contributed by atoms with Crippen LogP contribution in [0.2, 0.25) is 0 Å². The van der Waals surface area contributed by atoms with Gasteiger partial charge in [-0.25, -0.2) is 0 Å². The number of benzene rings is 1. The third kappa shape index (κ3) is 2.28. The number of aromatic nitrogens is 2. The van der Waals surface area contributed by atoms with Gasteiger partial charge in [-0.3, -0.25) is 9.97 Å². The maximum Gasteiger partial charge on any atom is 0.143 e. The van der Waals surface area contributed by atoms with E-state index < -0.39 is 0 Å². The quantitative estimate of drug-likeness (QED) is 0.797. The summed E-state index contributed by atoms with van der Waals surface area (Å²) in [5, 5.41) is 0. The molecule has 1 aromatic heterocycles. The van der Waals surface area contributed by atoms with E-state index in [0.29, 0.717) is 11.4 Å². The van der Waals surface area contributed by atoms with Crippen LogP contribution in [0.15, 0.2) is 42.9 Å². The lowest BCUT2D eigenvalue weighted by Crippen LogP contribution is -2.06. The molecular formula is C12H13N3O. The molecule has 0 saturated heterocycles. The molecule has 0 aliphatic carbocycles. The monoisotopic (exact) mass is 215 g/mol. The second-order valence-electron chi connectivity index (χ2n) is 3.43. The number of nitrogen functional groups attached to an aromatic ring is 1. The molecule has 1 atom stereocenters. The average molecular weight is 215 g/mol. The fourth-order valence-electron chi connectivity index (χ4n) is 1.36. The molecule has 1 heterocycles. The summed E-state index contributed by atoms with van der Waals surface area (Å²) in [7, 11) is 0. The van der Waals surface area contributed by atoms with Crippen LogP contribution in [-0.4, -0.2) is 9.97 Å². The van der Waals surface area contributed by atoms with Gasteiger partial charge < -0.3 is 10.5 Å². The highest BCUT2D eigenvalue weighted by molar-refractivity contribution is 5.51. The molecule has 0 saturated carbocycles. The fraction of sp³-hybridized carbons (Fsp3) is 0.167. The van der Waals surface area contributed by atoms with Crippen LogP contribution in [0.25, 0.3) is 0 Å². The molecule has 0 spiro atoms. The lowest BCUT2D eigenvalue weighted by atomic mass is 10.2. The molecule has 82 valence electrons. The molecule has 0 radical (unpaired) electrons. The van der Waals surface area contributed by atoms with E-state index in [9.17, 15) is 0 Å². The minimum atomic E-state index is -0.168. The number of hydrogen-bond donors (Lipinski definition) is 1. The number of ether oxygens (including phenoxy) is 1. The van der Waals surface area contributed by atoms with Gasteiger partial charge in [0.1, 0.15) is 11.9 Å². The molecule has 0 fully saturated rings. The Morgan fingerprint density at radius 1 is 1.25 bits per heavy atom. The first kappa shape index (κ1) is 10.4. The Balaban J connectivity index is 2.14. The molecule has 2 rings (SSSR count). The predicted molar refractivity (Wildman–Crippen MR) is 61.9 cm³/mol. The topological polar surface area (TPSA) is 61.0 Å². The number of nitrogens with two attached hydrogens (primary N) is 1. The first-order valence-corrected chi connectivity index (χ1v) is 5.04. The van der Waals surface area contributed by atoms with Crippen molar-refractivity contribution < 1.29 is 4.74 Å². The Morgan fingerprint density at radius 2 is 2.06 bits per heavy atom. The largest absolute Gasteiger partial charge is 0.482 e. The summed E-state index contributed by atoms with van der Waals surface area (Å²) in [6.07, 6.45) is 4.79. The maximum absolute atomic E-state index is 5.79. The molecule has 4 nitrogen and oxygen atoms in total. The third-order valence-corrected chi connectivity index (χ3v) is 2.22. The van der Waals surface area contributed by atoms with Crippen molar-refractivity contribution in [3.05, 3.63) is 48.5 Å². The first-order valence-electron chi connectivity index (χ1n) is 5.04. The van der Waals surface area contributed by atoms with E-state index in [1.54, 1.807) is 24.7 Å². The summed E-state index contributed by atoms with van der Waals surface area (Å²) in [5.74, 6) is 0.667. The first-order chi connectivity index (χ1) is 7.77. The summed E-state index contributed by atoms with van der Waals surface area (Å²) in [4.78, 5) is 8.17. The van der Waals surface area contributed by atoms with E-state index in [-0.39, 0.29) is 6.10 Å². The zero-order valence-corrected chi connectivity index (χ0v) is 9.00. The summed E-state index contributed by atoms with van der Waals surface area (Å²) >= 11 is 0. The summed E-state index contributed by atoms with van der Waals surface area (Å²) in [6.45, 7) is 1.91. The Labute approximate surface area is 94.1 Å². The predicted octanol–water partition coefficient (Wildman–Crippen LogP) is 2.20. The lowest BCUT2D eigenvalue weighted by Gasteiger charge is -2.14. The molecule has 2 N–H and O–H groups in total. The third-order valence-electron chi connectivity index (χ3n) is 2.22. The van der Waals surface area contributed by atoms with Gasteiger partial charge >= 0.3 is 0 Å². The molecular weight excluding hydrogens is 202 g/mol. The lowest BCUT2D eigenvalue weighted by molar-refractivity contribution is 0.223. The van der Waals surface area contributed by atoms with E-state index in [1.165, 1.54) is 0 Å². The normalized spacial score (nSPS) is 12.1. The van der Waals surface area contributed by atoms with Crippen LogP contribution in [0, 0.1) is 0 Å². The minimum absolute atomic E-state index is 0.168. The number of anilines is 1. The summed E-state index contributed by atoms with van der Waals surface area (Å²) < 4.78 is 5.70. The van der Waals surface area contributed by atoms with E-state index in [0.717, 1.165) is 5.69 Å². The van der Waals surface area contributed by atoms with Crippen LogP contribution in [0.4, 0.5) is 5.69 Å². The van der Waals surface area contributed by atoms with Gasteiger partial charge in [0.05, 0.1) is 17.6 Å². The van der Waals surface area contributed by atoms with Gasteiger partial charge in [0.25, 0.3) is 0 Å². The van der Waals surface area contributed by atoms with Crippen LogP contribution in [0.1, 0.15) is 18.7 Å². The van der Waals surface area contributed by atoms with Crippen molar-refractivity contribution in [2.75, 3.05) is 5.73 Å². The van der Waals surface area contributed by atoms with Gasteiger partial charge in [-0.1, -0.05) is 12.1 Å². The van der Waals surface area contributed by atoms with Crippen molar-refractivity contribution in [2.45, 2.75) is 13.0 Å². The van der Waals surface area contributed by atoms with Gasteiger partial charge in [-0.15, -0.1) is 0 Å². The number of hydrogen-bond acceptors (Lipinski definition) is 4. The van der Waals surface area contributed by atoms with Crippen molar-refractivity contribution in [3.63, 3.8) is 0 Å². The van der Waals surface area contributed by atoms with Crippen molar-refractivity contribution in [2.24, 2.45) is 0 Å². The molecule has 1 unspecified atom stereocenters. The van der Waals surface area contributed by atoms with Gasteiger partial charge in [0.15, 0.2) is 0 Å². The second-order valence-corrected chi connectivity index (χ2v) is 3.43. The fourth-order valence-corrected chi connectivity index (χ4v) is 1.36. The Bertz CT molecular complexity index is 459. The number of rotatable bonds is 3. The van der Waals surface area contributed by atoms with Crippen LogP contribution in [0.3, 0.4) is 0 Å². The Hall–Kier alpha value is -2.10. The van der Waals surface area contributed by atoms with E-state index in [1.807, 2.05) is 25.1 Å². The standard InChI is InChI=1S/C12H13N3O/c1-9(11-8-14-6-7-15-11)16-12-5-3-2-4-10(12)13/h2-9H,13H2,1H3. The second kappa shape index (κ2) is 4.61. The van der Waals surface area contributed by atoms with Gasteiger partial charge in [0, 0.05) is 12.4 Å². The van der Waals surface area contributed by atoms with E-state index in [2.05, 4.69) is 9.97 Å². The zero-order chi connectivity index (χ0) is 11.4. The van der Waals surface area contributed by atoms with Crippen molar-refractivity contribution in [1.82, 2.24) is 9.97 Å². The van der Waals surface area contributed by atoms with Crippen molar-refractivity contribution in [3.8, 4) is 5.75 Å². The highest BCUT2D eigenvalue weighted by Crippen LogP contribution is 2.25. The van der Waals surface area contributed by atoms with Crippen LogP contribution in [-0.2, 0) is 0 Å². The van der Waals surface area contributed by atoms with Crippen LogP contribution in [0.5, 0.6) is 5.75 Å². The van der Waals surface area contributed by atoms with E-state index in [4.69, 9.17) is 10.5 Å². The number of para-hydroxylation sites is 2.